The topological polar surface area (TPSA) is 44.4 Å². The lowest BCUT2D eigenvalue weighted by molar-refractivity contribution is -0.128. The zero-order chi connectivity index (χ0) is 14.0. The largest absolute Gasteiger partial charge is 0.352 e. The van der Waals surface area contributed by atoms with Crippen LogP contribution in [0.1, 0.15) is 58.3 Å². The van der Waals surface area contributed by atoms with Crippen LogP contribution in [0.15, 0.2) is 0 Å². The van der Waals surface area contributed by atoms with Gasteiger partial charge in [0.2, 0.25) is 5.91 Å². The number of amides is 1. The van der Waals surface area contributed by atoms with E-state index in [9.17, 15) is 4.79 Å². The molecule has 0 aliphatic carbocycles. The average molecular weight is 279 g/mol. The van der Waals surface area contributed by atoms with E-state index in [-0.39, 0.29) is 11.4 Å². The number of nitrogens with one attached hydrogen (secondary N) is 2. The molecular formula is C16H29N3O. The fraction of sp³-hybridized carbons (Fsp3) is 0.938. The van der Waals surface area contributed by atoms with Crippen molar-refractivity contribution in [1.29, 1.82) is 0 Å². The molecule has 0 spiro atoms. The standard InChI is InChI=1S/C16H29N3O/c1-2-7-16(8-4-9-17-16)15(20)18-13-6-11-19-10-3-5-14(19)12-13/h13-14,17H,2-12H2,1H3,(H,18,20). The van der Waals surface area contributed by atoms with E-state index in [4.69, 9.17) is 0 Å². The first-order valence-corrected chi connectivity index (χ1v) is 8.53. The second kappa shape index (κ2) is 6.02. The van der Waals surface area contributed by atoms with Gasteiger partial charge in [-0.2, -0.15) is 0 Å². The molecule has 4 nitrogen and oxygen atoms in total. The fourth-order valence-corrected chi connectivity index (χ4v) is 4.43. The molecule has 0 saturated carbocycles. The van der Waals surface area contributed by atoms with Gasteiger partial charge in [-0.15, -0.1) is 0 Å². The van der Waals surface area contributed by atoms with Crippen LogP contribution in [0, 0.1) is 0 Å². The van der Waals surface area contributed by atoms with Crippen molar-refractivity contribution < 1.29 is 4.79 Å². The second-order valence-electron chi connectivity index (χ2n) is 6.89. The van der Waals surface area contributed by atoms with Gasteiger partial charge in [-0.1, -0.05) is 13.3 Å². The lowest BCUT2D eigenvalue weighted by atomic mass is 9.89. The fourth-order valence-electron chi connectivity index (χ4n) is 4.43. The number of fused-ring (bicyclic) bond motifs is 1. The van der Waals surface area contributed by atoms with Gasteiger partial charge in [-0.05, 0) is 58.0 Å². The minimum atomic E-state index is -0.262. The Labute approximate surface area is 122 Å². The summed E-state index contributed by atoms with van der Waals surface area (Å²) in [5, 5.41) is 6.86. The number of rotatable bonds is 4. The molecule has 0 bridgehead atoms. The maximum atomic E-state index is 12.7. The summed E-state index contributed by atoms with van der Waals surface area (Å²) in [5.41, 5.74) is -0.262. The van der Waals surface area contributed by atoms with Gasteiger partial charge >= 0.3 is 0 Å². The molecule has 3 fully saturated rings. The molecule has 0 aromatic rings. The minimum Gasteiger partial charge on any atom is -0.352 e. The van der Waals surface area contributed by atoms with Gasteiger partial charge in [0.1, 0.15) is 0 Å². The van der Waals surface area contributed by atoms with Crippen LogP contribution in [0.3, 0.4) is 0 Å². The highest BCUT2D eigenvalue weighted by atomic mass is 16.2. The summed E-state index contributed by atoms with van der Waals surface area (Å²) in [7, 11) is 0. The Morgan fingerprint density at radius 2 is 2.25 bits per heavy atom. The van der Waals surface area contributed by atoms with E-state index in [2.05, 4.69) is 22.5 Å². The summed E-state index contributed by atoms with van der Waals surface area (Å²) in [5.74, 6) is 0.272. The molecule has 3 atom stereocenters. The van der Waals surface area contributed by atoms with Crippen molar-refractivity contribution in [2.45, 2.75) is 75.9 Å². The number of hydrogen-bond acceptors (Lipinski definition) is 3. The summed E-state index contributed by atoms with van der Waals surface area (Å²) >= 11 is 0. The molecule has 0 aromatic carbocycles. The molecule has 0 aromatic heterocycles. The van der Waals surface area contributed by atoms with Crippen molar-refractivity contribution in [3.8, 4) is 0 Å². The molecule has 2 N–H and O–H groups in total. The Kier molecular flexibility index (Phi) is 4.32. The molecule has 3 heterocycles. The second-order valence-corrected chi connectivity index (χ2v) is 6.89. The Bertz CT molecular complexity index is 352. The van der Waals surface area contributed by atoms with Crippen LogP contribution in [-0.4, -0.2) is 48.1 Å². The summed E-state index contributed by atoms with van der Waals surface area (Å²) in [4.78, 5) is 15.3. The van der Waals surface area contributed by atoms with E-state index in [0.717, 1.165) is 51.1 Å². The third-order valence-electron chi connectivity index (χ3n) is 5.51. The minimum absolute atomic E-state index is 0.262. The quantitative estimate of drug-likeness (QED) is 0.822. The number of piperidine rings is 1. The van der Waals surface area contributed by atoms with E-state index in [1.165, 1.54) is 25.9 Å². The van der Waals surface area contributed by atoms with Gasteiger partial charge in [-0.3, -0.25) is 4.79 Å². The smallest absolute Gasteiger partial charge is 0.240 e. The van der Waals surface area contributed by atoms with Crippen molar-refractivity contribution >= 4 is 5.91 Å². The van der Waals surface area contributed by atoms with Crippen LogP contribution in [0.4, 0.5) is 0 Å². The first-order chi connectivity index (χ1) is 9.73. The number of nitrogens with zero attached hydrogens (tertiary/aromatic N) is 1. The Hall–Kier alpha value is -0.610. The number of carbonyl (C=O) groups excluding carboxylic acids is 1. The van der Waals surface area contributed by atoms with E-state index in [1.807, 2.05) is 0 Å². The normalized spacial score (nSPS) is 37.9. The van der Waals surface area contributed by atoms with E-state index >= 15 is 0 Å². The first-order valence-electron chi connectivity index (χ1n) is 8.53. The maximum absolute atomic E-state index is 12.7. The van der Waals surface area contributed by atoms with Gasteiger partial charge in [0.05, 0.1) is 5.54 Å². The number of hydrogen-bond donors (Lipinski definition) is 2. The van der Waals surface area contributed by atoms with Gasteiger partial charge in [-0.25, -0.2) is 0 Å². The van der Waals surface area contributed by atoms with Crippen LogP contribution in [-0.2, 0) is 4.79 Å². The summed E-state index contributed by atoms with van der Waals surface area (Å²) < 4.78 is 0. The first kappa shape index (κ1) is 14.3. The molecular weight excluding hydrogens is 250 g/mol. The summed E-state index contributed by atoms with van der Waals surface area (Å²) in [6.45, 7) is 5.61. The van der Waals surface area contributed by atoms with Crippen LogP contribution in [0.25, 0.3) is 0 Å². The van der Waals surface area contributed by atoms with Crippen LogP contribution >= 0.6 is 0 Å². The lowest BCUT2D eigenvalue weighted by Crippen LogP contribution is -2.57. The molecule has 20 heavy (non-hydrogen) atoms. The highest BCUT2D eigenvalue weighted by Gasteiger charge is 2.41. The third kappa shape index (κ3) is 2.73. The van der Waals surface area contributed by atoms with Crippen molar-refractivity contribution in [2.75, 3.05) is 19.6 Å². The highest BCUT2D eigenvalue weighted by Crippen LogP contribution is 2.29. The van der Waals surface area contributed by atoms with Crippen LogP contribution < -0.4 is 10.6 Å². The van der Waals surface area contributed by atoms with Gasteiger partial charge < -0.3 is 15.5 Å². The zero-order valence-electron chi connectivity index (χ0n) is 12.8. The van der Waals surface area contributed by atoms with Crippen LogP contribution in [0.2, 0.25) is 0 Å². The molecule has 3 aliphatic heterocycles. The Morgan fingerprint density at radius 1 is 1.35 bits per heavy atom. The van der Waals surface area contributed by atoms with Crippen molar-refractivity contribution in [1.82, 2.24) is 15.5 Å². The van der Waals surface area contributed by atoms with Crippen molar-refractivity contribution in [3.05, 3.63) is 0 Å². The molecule has 4 heteroatoms. The van der Waals surface area contributed by atoms with Crippen molar-refractivity contribution in [2.24, 2.45) is 0 Å². The summed E-state index contributed by atoms with van der Waals surface area (Å²) in [6.07, 6.45) is 9.14. The third-order valence-corrected chi connectivity index (χ3v) is 5.51. The average Bonchev–Trinajstić information content (AvgIpc) is 3.08. The zero-order valence-corrected chi connectivity index (χ0v) is 12.8. The monoisotopic (exact) mass is 279 g/mol. The van der Waals surface area contributed by atoms with E-state index in [0.29, 0.717) is 6.04 Å². The Balaban J connectivity index is 1.57. The molecule has 3 rings (SSSR count). The molecule has 3 unspecified atom stereocenters. The molecule has 3 saturated heterocycles. The summed E-state index contributed by atoms with van der Waals surface area (Å²) in [6, 6.07) is 1.13. The molecule has 114 valence electrons. The van der Waals surface area contributed by atoms with Gasteiger partial charge in [0.25, 0.3) is 0 Å². The predicted molar refractivity (Wildman–Crippen MR) is 80.6 cm³/mol. The SMILES string of the molecule is CCCC1(C(=O)NC2CCN3CCCC3C2)CCCN1. The molecule has 0 radical (unpaired) electrons. The molecule has 1 amide bonds. The van der Waals surface area contributed by atoms with Gasteiger partial charge in [0, 0.05) is 18.6 Å². The van der Waals surface area contributed by atoms with E-state index < -0.39 is 0 Å². The molecule has 3 aliphatic rings. The lowest BCUT2D eigenvalue weighted by Gasteiger charge is -2.37. The van der Waals surface area contributed by atoms with E-state index in [1.54, 1.807) is 0 Å². The van der Waals surface area contributed by atoms with Gasteiger partial charge in [0.15, 0.2) is 0 Å². The highest BCUT2D eigenvalue weighted by molar-refractivity contribution is 5.87. The maximum Gasteiger partial charge on any atom is 0.240 e. The number of carbonyl (C=O) groups is 1. The predicted octanol–water partition coefficient (Wildman–Crippen LogP) is 1.65. The Morgan fingerprint density at radius 3 is 3.00 bits per heavy atom. The van der Waals surface area contributed by atoms with Crippen LogP contribution in [0.5, 0.6) is 0 Å². The van der Waals surface area contributed by atoms with Crippen molar-refractivity contribution in [3.63, 3.8) is 0 Å².